The molecule has 0 atom stereocenters. The third-order valence-corrected chi connectivity index (χ3v) is 0.961. The van der Waals surface area contributed by atoms with Gasteiger partial charge in [-0.25, -0.2) is 0 Å². The smallest absolute Gasteiger partial charge is 0.377 e. The molecule has 0 heterocycles. The Kier molecular flexibility index (Phi) is 4.18. The first-order chi connectivity index (χ1) is 4.95. The monoisotopic (exact) mass is 168 g/mol. The van der Waals surface area contributed by atoms with Crippen LogP contribution in [-0.2, 0) is 4.74 Å². The Morgan fingerprint density at radius 1 is 1.45 bits per heavy atom. The minimum Gasteiger partial charge on any atom is -0.377 e. The van der Waals surface area contributed by atoms with E-state index in [1.807, 2.05) is 0 Å². The highest BCUT2D eigenvalue weighted by Gasteiger charge is 2.27. The van der Waals surface area contributed by atoms with Crippen LogP contribution in [0.5, 0.6) is 0 Å². The van der Waals surface area contributed by atoms with Gasteiger partial charge in [0.25, 0.3) is 0 Å². The summed E-state index contributed by atoms with van der Waals surface area (Å²) in [6, 6.07) is 0. The van der Waals surface area contributed by atoms with Gasteiger partial charge in [0.05, 0.1) is 13.0 Å². The van der Waals surface area contributed by atoms with Gasteiger partial charge in [0.2, 0.25) is 0 Å². The first-order valence-corrected chi connectivity index (χ1v) is 3.27. The summed E-state index contributed by atoms with van der Waals surface area (Å²) in [5, 5.41) is 0. The van der Waals surface area contributed by atoms with Crippen LogP contribution in [-0.4, -0.2) is 19.4 Å². The Labute approximate surface area is 63.8 Å². The highest BCUT2D eigenvalue weighted by atomic mass is 19.4. The first kappa shape index (κ1) is 10.5. The van der Waals surface area contributed by atoms with Gasteiger partial charge in [-0.1, -0.05) is 6.58 Å². The number of halogens is 3. The quantitative estimate of drug-likeness (QED) is 0.586. The maximum atomic E-state index is 11.6. The van der Waals surface area contributed by atoms with Crippen LogP contribution in [0.15, 0.2) is 12.2 Å². The molecule has 0 fully saturated rings. The molecule has 0 amide bonds. The molecule has 0 aromatic rings. The molecule has 0 aliphatic carbocycles. The zero-order valence-corrected chi connectivity index (χ0v) is 6.37. The van der Waals surface area contributed by atoms with E-state index in [0.29, 0.717) is 6.61 Å². The predicted molar refractivity (Wildman–Crippen MR) is 36.3 cm³/mol. The standard InChI is InChI=1S/C7H11F3O/c1-3-11-5-6(2)4-7(8,9)10/h2-5H2,1H3. The number of alkyl halides is 3. The summed E-state index contributed by atoms with van der Waals surface area (Å²) in [7, 11) is 0. The van der Waals surface area contributed by atoms with Crippen molar-refractivity contribution in [2.24, 2.45) is 0 Å². The molecule has 0 saturated carbocycles. The molecule has 0 aromatic heterocycles. The van der Waals surface area contributed by atoms with Crippen molar-refractivity contribution < 1.29 is 17.9 Å². The lowest BCUT2D eigenvalue weighted by Gasteiger charge is -2.08. The van der Waals surface area contributed by atoms with Gasteiger partial charge < -0.3 is 4.74 Å². The highest BCUT2D eigenvalue weighted by molar-refractivity contribution is 4.96. The SMILES string of the molecule is C=C(COCC)CC(F)(F)F. The van der Waals surface area contributed by atoms with Crippen LogP contribution >= 0.6 is 0 Å². The Balaban J connectivity index is 3.53. The van der Waals surface area contributed by atoms with Crippen molar-refractivity contribution in [3.63, 3.8) is 0 Å². The number of hydrogen-bond acceptors (Lipinski definition) is 1. The summed E-state index contributed by atoms with van der Waals surface area (Å²) in [6.45, 7) is 5.37. The largest absolute Gasteiger partial charge is 0.392 e. The lowest BCUT2D eigenvalue weighted by molar-refractivity contribution is -0.128. The second-order valence-corrected chi connectivity index (χ2v) is 2.18. The minimum absolute atomic E-state index is 0.00396. The van der Waals surface area contributed by atoms with Crippen LogP contribution in [0.1, 0.15) is 13.3 Å². The second kappa shape index (κ2) is 4.38. The molecule has 11 heavy (non-hydrogen) atoms. The fraction of sp³-hybridized carbons (Fsp3) is 0.714. The Hall–Kier alpha value is -0.510. The van der Waals surface area contributed by atoms with Gasteiger partial charge in [-0.2, -0.15) is 13.2 Å². The van der Waals surface area contributed by atoms with Gasteiger partial charge in [-0.15, -0.1) is 0 Å². The molecule has 0 aromatic carbocycles. The van der Waals surface area contributed by atoms with E-state index in [4.69, 9.17) is 4.74 Å². The van der Waals surface area contributed by atoms with E-state index in [1.54, 1.807) is 6.92 Å². The molecular formula is C7H11F3O. The topological polar surface area (TPSA) is 9.23 Å². The third-order valence-electron chi connectivity index (χ3n) is 0.961. The molecule has 0 saturated heterocycles. The Bertz CT molecular complexity index is 128. The summed E-state index contributed by atoms with van der Waals surface area (Å²) in [6.07, 6.45) is -5.11. The van der Waals surface area contributed by atoms with Crippen molar-refractivity contribution in [2.45, 2.75) is 19.5 Å². The maximum absolute atomic E-state index is 11.6. The lowest BCUT2D eigenvalue weighted by atomic mass is 10.2. The Morgan fingerprint density at radius 2 is 2.00 bits per heavy atom. The molecular weight excluding hydrogens is 157 g/mol. The van der Waals surface area contributed by atoms with Crippen LogP contribution in [0.2, 0.25) is 0 Å². The zero-order chi connectivity index (χ0) is 8.91. The van der Waals surface area contributed by atoms with Crippen molar-refractivity contribution in [1.82, 2.24) is 0 Å². The van der Waals surface area contributed by atoms with Gasteiger partial charge in [0.15, 0.2) is 0 Å². The summed E-state index contributed by atoms with van der Waals surface area (Å²) >= 11 is 0. The molecule has 4 heteroatoms. The van der Waals surface area contributed by atoms with Crippen molar-refractivity contribution in [3.05, 3.63) is 12.2 Å². The maximum Gasteiger partial charge on any atom is 0.392 e. The van der Waals surface area contributed by atoms with E-state index in [-0.39, 0.29) is 12.2 Å². The minimum atomic E-state index is -4.16. The van der Waals surface area contributed by atoms with Crippen LogP contribution in [0.25, 0.3) is 0 Å². The van der Waals surface area contributed by atoms with Gasteiger partial charge in [0.1, 0.15) is 0 Å². The van der Waals surface area contributed by atoms with E-state index < -0.39 is 12.6 Å². The van der Waals surface area contributed by atoms with Crippen molar-refractivity contribution in [1.29, 1.82) is 0 Å². The van der Waals surface area contributed by atoms with E-state index in [2.05, 4.69) is 6.58 Å². The molecule has 0 aliphatic heterocycles. The highest BCUT2D eigenvalue weighted by Crippen LogP contribution is 2.23. The zero-order valence-electron chi connectivity index (χ0n) is 6.37. The molecule has 0 unspecified atom stereocenters. The average molecular weight is 168 g/mol. The summed E-state index contributed by atoms with van der Waals surface area (Å²) < 4.78 is 39.6. The van der Waals surface area contributed by atoms with E-state index >= 15 is 0 Å². The molecule has 0 N–H and O–H groups in total. The van der Waals surface area contributed by atoms with Crippen molar-refractivity contribution in [2.75, 3.05) is 13.2 Å². The molecule has 0 aliphatic rings. The van der Waals surface area contributed by atoms with Crippen LogP contribution in [0.4, 0.5) is 13.2 Å². The average Bonchev–Trinajstić information content (AvgIpc) is 1.79. The number of hydrogen-bond donors (Lipinski definition) is 0. The van der Waals surface area contributed by atoms with Crippen molar-refractivity contribution >= 4 is 0 Å². The molecule has 66 valence electrons. The molecule has 0 spiro atoms. The van der Waals surface area contributed by atoms with Gasteiger partial charge in [-0.3, -0.25) is 0 Å². The number of rotatable bonds is 4. The van der Waals surface area contributed by atoms with Crippen molar-refractivity contribution in [3.8, 4) is 0 Å². The van der Waals surface area contributed by atoms with Crippen LogP contribution < -0.4 is 0 Å². The van der Waals surface area contributed by atoms with Gasteiger partial charge in [-0.05, 0) is 12.5 Å². The Morgan fingerprint density at radius 3 is 2.36 bits per heavy atom. The summed E-state index contributed by atoms with van der Waals surface area (Å²) in [5.41, 5.74) is 0.0688. The lowest BCUT2D eigenvalue weighted by Crippen LogP contribution is -2.10. The second-order valence-electron chi connectivity index (χ2n) is 2.18. The molecule has 0 bridgehead atoms. The fourth-order valence-corrected chi connectivity index (χ4v) is 0.581. The van der Waals surface area contributed by atoms with Gasteiger partial charge in [0, 0.05) is 6.61 Å². The number of ether oxygens (including phenoxy) is 1. The van der Waals surface area contributed by atoms with Crippen LogP contribution in [0.3, 0.4) is 0 Å². The first-order valence-electron chi connectivity index (χ1n) is 3.27. The molecule has 0 radical (unpaired) electrons. The molecule has 0 rings (SSSR count). The molecule has 1 nitrogen and oxygen atoms in total. The normalized spacial score (nSPS) is 11.6. The predicted octanol–water partition coefficient (Wildman–Crippen LogP) is 2.53. The summed E-state index contributed by atoms with van der Waals surface area (Å²) in [4.78, 5) is 0. The van der Waals surface area contributed by atoms with E-state index in [1.165, 1.54) is 0 Å². The third kappa shape index (κ3) is 7.39. The fourth-order valence-electron chi connectivity index (χ4n) is 0.581. The van der Waals surface area contributed by atoms with E-state index in [0.717, 1.165) is 0 Å². The summed E-state index contributed by atoms with van der Waals surface area (Å²) in [5.74, 6) is 0. The van der Waals surface area contributed by atoms with Crippen LogP contribution in [0, 0.1) is 0 Å². The van der Waals surface area contributed by atoms with E-state index in [9.17, 15) is 13.2 Å². The van der Waals surface area contributed by atoms with Gasteiger partial charge >= 0.3 is 6.18 Å².